The maximum Gasteiger partial charge on any atom is 0.406 e. The van der Waals surface area contributed by atoms with Crippen molar-refractivity contribution in [1.82, 2.24) is 9.88 Å². The largest absolute Gasteiger partial charge is 0.406 e. The molecular weight excluding hydrogens is 290 g/mol. The Balaban J connectivity index is 3.06. The number of hydrogen-bond acceptors (Lipinski definition) is 3. The molecule has 1 aromatic heterocycles. The number of carbonyl (C=O) groups is 1. The third-order valence-corrected chi connectivity index (χ3v) is 2.61. The molecule has 0 saturated carbocycles. The molecular formula is C13H17F4N3O. The van der Waals surface area contributed by atoms with Crippen molar-refractivity contribution in [3.05, 3.63) is 23.6 Å². The van der Waals surface area contributed by atoms with Gasteiger partial charge in [0.2, 0.25) is 0 Å². The Morgan fingerprint density at radius 3 is 2.57 bits per heavy atom. The lowest BCUT2D eigenvalue weighted by molar-refractivity contribution is -0.140. The molecule has 1 heterocycles. The van der Waals surface area contributed by atoms with Crippen LogP contribution in [0, 0.1) is 5.82 Å². The Morgan fingerprint density at radius 2 is 2.05 bits per heavy atom. The maximum atomic E-state index is 14.1. The van der Waals surface area contributed by atoms with E-state index in [9.17, 15) is 22.4 Å². The molecule has 21 heavy (non-hydrogen) atoms. The van der Waals surface area contributed by atoms with Crippen LogP contribution < -0.4 is 5.32 Å². The average molecular weight is 307 g/mol. The van der Waals surface area contributed by atoms with Gasteiger partial charge in [0.25, 0.3) is 5.91 Å². The smallest absolute Gasteiger partial charge is 0.368 e. The van der Waals surface area contributed by atoms with Crippen LogP contribution in [0.2, 0.25) is 0 Å². The Labute approximate surface area is 120 Å². The van der Waals surface area contributed by atoms with Crippen molar-refractivity contribution >= 4 is 11.7 Å². The molecule has 1 aromatic rings. The average Bonchev–Trinajstić information content (AvgIpc) is 2.39. The molecule has 0 unspecified atom stereocenters. The predicted octanol–water partition coefficient (Wildman–Crippen LogP) is 3.07. The number of hydrogen-bond donors (Lipinski definition) is 1. The summed E-state index contributed by atoms with van der Waals surface area (Å²) < 4.78 is 51.6. The Bertz CT molecular complexity index is 491. The second-order valence-corrected chi connectivity index (χ2v) is 4.39. The highest BCUT2D eigenvalue weighted by Crippen LogP contribution is 2.21. The molecule has 0 atom stereocenters. The summed E-state index contributed by atoms with van der Waals surface area (Å²) >= 11 is 0. The minimum absolute atomic E-state index is 0.101. The maximum absolute atomic E-state index is 14.1. The zero-order valence-corrected chi connectivity index (χ0v) is 11.8. The number of amides is 1. The molecule has 0 radical (unpaired) electrons. The van der Waals surface area contributed by atoms with E-state index >= 15 is 0 Å². The van der Waals surface area contributed by atoms with Gasteiger partial charge in [-0.3, -0.25) is 4.79 Å². The van der Waals surface area contributed by atoms with Gasteiger partial charge in [0.1, 0.15) is 6.54 Å². The highest BCUT2D eigenvalue weighted by Gasteiger charge is 2.34. The Morgan fingerprint density at radius 1 is 1.38 bits per heavy atom. The van der Waals surface area contributed by atoms with Crippen molar-refractivity contribution in [1.29, 1.82) is 0 Å². The van der Waals surface area contributed by atoms with E-state index < -0.39 is 30.0 Å². The quantitative estimate of drug-likeness (QED) is 0.822. The molecule has 0 aliphatic carbocycles. The standard InChI is InChI=1S/C13H17F4N3O/c1-3-7-20(8-13(15,16)17)12(21)9-5-6-19-11(10(9)14)18-4-2/h5-6H,3-4,7-8H2,1-2H3,(H,18,19). The fourth-order valence-corrected chi connectivity index (χ4v) is 1.81. The van der Waals surface area contributed by atoms with Gasteiger partial charge in [-0.15, -0.1) is 0 Å². The van der Waals surface area contributed by atoms with E-state index in [1.807, 2.05) is 0 Å². The van der Waals surface area contributed by atoms with Crippen molar-refractivity contribution in [2.24, 2.45) is 0 Å². The Kier molecular flexibility index (Phi) is 5.92. The fourth-order valence-electron chi connectivity index (χ4n) is 1.81. The molecule has 0 aliphatic rings. The topological polar surface area (TPSA) is 45.2 Å². The number of alkyl halides is 3. The van der Waals surface area contributed by atoms with E-state index in [0.29, 0.717) is 17.9 Å². The van der Waals surface area contributed by atoms with E-state index in [0.717, 1.165) is 6.07 Å². The van der Waals surface area contributed by atoms with Gasteiger partial charge in [-0.25, -0.2) is 9.37 Å². The van der Waals surface area contributed by atoms with Crippen LogP contribution in [-0.4, -0.2) is 41.6 Å². The monoisotopic (exact) mass is 307 g/mol. The summed E-state index contributed by atoms with van der Waals surface area (Å²) in [6.07, 6.45) is -3.00. The highest BCUT2D eigenvalue weighted by atomic mass is 19.4. The molecule has 0 fully saturated rings. The number of anilines is 1. The van der Waals surface area contributed by atoms with E-state index in [1.54, 1.807) is 13.8 Å². The first-order chi connectivity index (χ1) is 9.80. The first-order valence-corrected chi connectivity index (χ1v) is 6.54. The van der Waals surface area contributed by atoms with Crippen molar-refractivity contribution in [3.63, 3.8) is 0 Å². The summed E-state index contributed by atoms with van der Waals surface area (Å²) in [5, 5.41) is 2.61. The summed E-state index contributed by atoms with van der Waals surface area (Å²) in [5.41, 5.74) is -0.418. The molecule has 0 aromatic carbocycles. The summed E-state index contributed by atoms with van der Waals surface area (Å²) in [5.74, 6) is -2.08. The molecule has 1 amide bonds. The zero-order valence-electron chi connectivity index (χ0n) is 11.8. The molecule has 118 valence electrons. The number of nitrogens with zero attached hydrogens (tertiary/aromatic N) is 2. The molecule has 8 heteroatoms. The number of rotatable bonds is 6. The van der Waals surface area contributed by atoms with E-state index in [1.165, 1.54) is 6.20 Å². The SMILES string of the molecule is CCCN(CC(F)(F)F)C(=O)c1ccnc(NCC)c1F. The van der Waals surface area contributed by atoms with Crippen LogP contribution in [0.25, 0.3) is 0 Å². The lowest BCUT2D eigenvalue weighted by Gasteiger charge is -2.23. The van der Waals surface area contributed by atoms with Crippen LogP contribution in [-0.2, 0) is 0 Å². The van der Waals surface area contributed by atoms with Crippen molar-refractivity contribution in [2.75, 3.05) is 25.0 Å². The molecule has 4 nitrogen and oxygen atoms in total. The molecule has 1 N–H and O–H groups in total. The minimum atomic E-state index is -4.53. The molecule has 0 bridgehead atoms. The minimum Gasteiger partial charge on any atom is -0.368 e. The molecule has 1 rings (SSSR count). The fraction of sp³-hybridized carbons (Fsp3) is 0.538. The van der Waals surface area contributed by atoms with Gasteiger partial charge in [0, 0.05) is 19.3 Å². The lowest BCUT2D eigenvalue weighted by atomic mass is 10.2. The van der Waals surface area contributed by atoms with E-state index in [4.69, 9.17) is 0 Å². The third kappa shape index (κ3) is 4.87. The van der Waals surface area contributed by atoms with Crippen LogP contribution in [0.3, 0.4) is 0 Å². The van der Waals surface area contributed by atoms with Crippen molar-refractivity contribution < 1.29 is 22.4 Å². The van der Waals surface area contributed by atoms with Gasteiger partial charge in [-0.05, 0) is 19.4 Å². The zero-order chi connectivity index (χ0) is 16.0. The number of carbonyl (C=O) groups excluding carboxylic acids is 1. The van der Waals surface area contributed by atoms with Crippen molar-refractivity contribution in [2.45, 2.75) is 26.4 Å². The van der Waals surface area contributed by atoms with Gasteiger partial charge in [0.05, 0.1) is 5.56 Å². The van der Waals surface area contributed by atoms with Gasteiger partial charge in [-0.2, -0.15) is 13.2 Å². The summed E-state index contributed by atoms with van der Waals surface area (Å²) in [7, 11) is 0. The summed E-state index contributed by atoms with van der Waals surface area (Å²) in [6.45, 7) is 2.23. The second-order valence-electron chi connectivity index (χ2n) is 4.39. The van der Waals surface area contributed by atoms with Crippen LogP contribution in [0.4, 0.5) is 23.4 Å². The van der Waals surface area contributed by atoms with Crippen LogP contribution in [0.5, 0.6) is 0 Å². The van der Waals surface area contributed by atoms with Gasteiger partial charge in [-0.1, -0.05) is 6.92 Å². The molecule has 0 saturated heterocycles. The van der Waals surface area contributed by atoms with Crippen LogP contribution in [0.1, 0.15) is 30.6 Å². The molecule has 0 spiro atoms. The van der Waals surface area contributed by atoms with Crippen LogP contribution in [0.15, 0.2) is 12.3 Å². The highest BCUT2D eigenvalue weighted by molar-refractivity contribution is 5.95. The first-order valence-electron chi connectivity index (χ1n) is 6.54. The van der Waals surface area contributed by atoms with Crippen LogP contribution >= 0.6 is 0 Å². The van der Waals surface area contributed by atoms with E-state index in [-0.39, 0.29) is 12.4 Å². The number of nitrogens with one attached hydrogen (secondary N) is 1. The Hall–Kier alpha value is -1.86. The summed E-state index contributed by atoms with van der Waals surface area (Å²) in [6, 6.07) is 1.08. The third-order valence-electron chi connectivity index (χ3n) is 2.61. The van der Waals surface area contributed by atoms with Gasteiger partial charge < -0.3 is 10.2 Å². The number of aromatic nitrogens is 1. The van der Waals surface area contributed by atoms with Gasteiger partial charge in [0.15, 0.2) is 11.6 Å². The lowest BCUT2D eigenvalue weighted by Crippen LogP contribution is -2.39. The van der Waals surface area contributed by atoms with E-state index in [2.05, 4.69) is 10.3 Å². The van der Waals surface area contributed by atoms with Gasteiger partial charge >= 0.3 is 6.18 Å². The van der Waals surface area contributed by atoms with Crippen molar-refractivity contribution in [3.8, 4) is 0 Å². The molecule has 0 aliphatic heterocycles. The number of pyridine rings is 1. The predicted molar refractivity (Wildman–Crippen MR) is 70.6 cm³/mol. The number of halogens is 4. The second kappa shape index (κ2) is 7.24. The normalized spacial score (nSPS) is 11.3. The summed E-state index contributed by atoms with van der Waals surface area (Å²) in [4.78, 5) is 16.4. The first kappa shape index (κ1) is 17.2.